The quantitative estimate of drug-likeness (QED) is 0.689. The highest BCUT2D eigenvalue weighted by Gasteiger charge is 2.28. The van der Waals surface area contributed by atoms with E-state index in [2.05, 4.69) is 0 Å². The number of likely N-dealkylation sites (tertiary alicyclic amines) is 1. The largest absolute Gasteiger partial charge is 0.480 e. The molecule has 0 aliphatic carbocycles. The second kappa shape index (κ2) is 4.57. The molecule has 3 nitrogen and oxygen atoms in total. The van der Waals surface area contributed by atoms with Crippen molar-refractivity contribution < 1.29 is 11.3 Å². The molecular formula is C7H14ClNO2. The molecule has 1 aliphatic heterocycles. The van der Waals surface area contributed by atoms with Crippen LogP contribution in [0, 0.1) is 0 Å². The molecule has 0 saturated carbocycles. The van der Waals surface area contributed by atoms with Crippen LogP contribution < -0.4 is 0 Å². The molecule has 1 rings (SSSR count). The summed E-state index contributed by atoms with van der Waals surface area (Å²) in [4.78, 5) is 12.5. The van der Waals surface area contributed by atoms with Gasteiger partial charge in [-0.15, -0.1) is 12.4 Å². The van der Waals surface area contributed by atoms with E-state index in [9.17, 15) is 4.79 Å². The minimum absolute atomic E-state index is 0. The van der Waals surface area contributed by atoms with Gasteiger partial charge in [-0.25, -0.2) is 0 Å². The van der Waals surface area contributed by atoms with E-state index in [1.54, 1.807) is 0 Å². The van der Waals surface area contributed by atoms with Gasteiger partial charge >= 0.3 is 5.97 Å². The SMILES string of the molecule is Cl.[2H]CCN1CCC[C@H]1C(=O)O. The van der Waals surface area contributed by atoms with E-state index in [0.717, 1.165) is 19.4 Å². The number of carboxylic acids is 1. The molecule has 0 bridgehead atoms. The van der Waals surface area contributed by atoms with Crippen molar-refractivity contribution in [2.75, 3.05) is 13.1 Å². The van der Waals surface area contributed by atoms with E-state index < -0.39 is 5.97 Å². The Morgan fingerprint density at radius 2 is 2.64 bits per heavy atom. The third kappa shape index (κ3) is 2.34. The lowest BCUT2D eigenvalue weighted by molar-refractivity contribution is -0.142. The zero-order valence-electron chi connectivity index (χ0n) is 7.32. The van der Waals surface area contributed by atoms with Gasteiger partial charge in [-0.05, 0) is 25.9 Å². The first-order valence-corrected chi connectivity index (χ1v) is 3.52. The van der Waals surface area contributed by atoms with Gasteiger partial charge in [0.05, 0.1) is 0 Å². The molecule has 0 aromatic carbocycles. The molecule has 0 radical (unpaired) electrons. The summed E-state index contributed by atoms with van der Waals surface area (Å²) in [5.74, 6) is -0.740. The van der Waals surface area contributed by atoms with Crippen LogP contribution >= 0.6 is 12.4 Å². The lowest BCUT2D eigenvalue weighted by Crippen LogP contribution is -2.35. The fourth-order valence-electron chi connectivity index (χ4n) is 1.37. The summed E-state index contributed by atoms with van der Waals surface area (Å²) in [6.45, 7) is 1.73. The Morgan fingerprint density at radius 3 is 3.18 bits per heavy atom. The summed E-state index contributed by atoms with van der Waals surface area (Å²) in [6.07, 6.45) is 1.70. The molecular weight excluding hydrogens is 166 g/mol. The van der Waals surface area contributed by atoms with Gasteiger partial charge in [-0.3, -0.25) is 9.69 Å². The Balaban J connectivity index is 0.00000121. The van der Waals surface area contributed by atoms with Gasteiger partial charge in [0.25, 0.3) is 0 Å². The van der Waals surface area contributed by atoms with E-state index in [1.807, 2.05) is 4.90 Å². The van der Waals surface area contributed by atoms with Crippen LogP contribution in [-0.2, 0) is 4.79 Å². The van der Waals surface area contributed by atoms with Crippen molar-refractivity contribution >= 4 is 18.4 Å². The minimum atomic E-state index is -0.740. The van der Waals surface area contributed by atoms with Gasteiger partial charge in [-0.2, -0.15) is 0 Å². The van der Waals surface area contributed by atoms with E-state index in [4.69, 9.17) is 6.48 Å². The highest BCUT2D eigenvalue weighted by molar-refractivity contribution is 5.85. The molecule has 11 heavy (non-hydrogen) atoms. The second-order valence-electron chi connectivity index (χ2n) is 2.53. The molecule has 0 amide bonds. The highest BCUT2D eigenvalue weighted by Crippen LogP contribution is 2.15. The summed E-state index contributed by atoms with van der Waals surface area (Å²) in [6, 6.07) is -0.319. The van der Waals surface area contributed by atoms with Crippen LogP contribution in [0.25, 0.3) is 0 Å². The van der Waals surface area contributed by atoms with Crippen molar-refractivity contribution in [1.82, 2.24) is 4.90 Å². The normalized spacial score (nSPS) is 25.8. The third-order valence-corrected chi connectivity index (χ3v) is 1.94. The smallest absolute Gasteiger partial charge is 0.320 e. The Bertz CT molecular complexity index is 156. The molecule has 1 saturated heterocycles. The molecule has 0 aromatic heterocycles. The maximum absolute atomic E-state index is 10.6. The summed E-state index contributed by atoms with van der Waals surface area (Å²) in [5, 5.41) is 8.71. The number of hydrogen-bond donors (Lipinski definition) is 1. The topological polar surface area (TPSA) is 40.5 Å². The maximum Gasteiger partial charge on any atom is 0.320 e. The van der Waals surface area contributed by atoms with Crippen LogP contribution in [0.5, 0.6) is 0 Å². The Hall–Kier alpha value is -0.280. The lowest BCUT2D eigenvalue weighted by Gasteiger charge is -2.17. The van der Waals surface area contributed by atoms with Crippen molar-refractivity contribution in [3.8, 4) is 0 Å². The molecule has 4 heteroatoms. The van der Waals surface area contributed by atoms with Crippen molar-refractivity contribution in [3.05, 3.63) is 0 Å². The van der Waals surface area contributed by atoms with E-state index >= 15 is 0 Å². The van der Waals surface area contributed by atoms with E-state index in [-0.39, 0.29) is 18.4 Å². The minimum Gasteiger partial charge on any atom is -0.480 e. The predicted molar refractivity (Wildman–Crippen MR) is 45.2 cm³/mol. The Kier molecular flexibility index (Phi) is 3.66. The second-order valence-corrected chi connectivity index (χ2v) is 2.53. The van der Waals surface area contributed by atoms with Crippen molar-refractivity contribution in [2.45, 2.75) is 25.8 Å². The van der Waals surface area contributed by atoms with Crippen LogP contribution in [-0.4, -0.2) is 35.1 Å². The van der Waals surface area contributed by atoms with Crippen LogP contribution in [0.2, 0.25) is 0 Å². The average Bonchev–Trinajstić information content (AvgIpc) is 2.36. The molecule has 1 heterocycles. The van der Waals surface area contributed by atoms with Crippen LogP contribution in [0.15, 0.2) is 0 Å². The molecule has 0 aromatic rings. The molecule has 0 unspecified atom stereocenters. The summed E-state index contributed by atoms with van der Waals surface area (Å²) >= 11 is 0. The average molecular weight is 181 g/mol. The highest BCUT2D eigenvalue weighted by atomic mass is 35.5. The van der Waals surface area contributed by atoms with Crippen molar-refractivity contribution in [3.63, 3.8) is 0 Å². The first-order chi connectivity index (χ1) is 5.25. The molecule has 1 aliphatic rings. The van der Waals surface area contributed by atoms with Gasteiger partial charge in [0.1, 0.15) is 6.04 Å². The Morgan fingerprint density at radius 1 is 1.91 bits per heavy atom. The lowest BCUT2D eigenvalue weighted by atomic mass is 10.2. The number of nitrogens with zero attached hydrogens (tertiary/aromatic N) is 1. The first-order valence-electron chi connectivity index (χ1n) is 4.22. The van der Waals surface area contributed by atoms with Crippen LogP contribution in [0.4, 0.5) is 0 Å². The van der Waals surface area contributed by atoms with E-state index in [1.165, 1.54) is 0 Å². The number of likely N-dealkylation sites (N-methyl/N-ethyl adjacent to an activating group) is 1. The van der Waals surface area contributed by atoms with Gasteiger partial charge in [0.15, 0.2) is 0 Å². The van der Waals surface area contributed by atoms with Crippen molar-refractivity contribution in [2.24, 2.45) is 0 Å². The van der Waals surface area contributed by atoms with Crippen LogP contribution in [0.3, 0.4) is 0 Å². The van der Waals surface area contributed by atoms with Gasteiger partial charge in [-0.1, -0.05) is 6.90 Å². The summed E-state index contributed by atoms with van der Waals surface area (Å²) in [5.41, 5.74) is 0. The predicted octanol–water partition coefficient (Wildman–Crippen LogP) is 0.977. The monoisotopic (exact) mass is 180 g/mol. The number of aliphatic carboxylic acids is 1. The summed E-state index contributed by atoms with van der Waals surface area (Å²) in [7, 11) is 0. The molecule has 1 N–H and O–H groups in total. The van der Waals surface area contributed by atoms with Crippen molar-refractivity contribution in [1.29, 1.82) is 0 Å². The Labute approximate surface area is 74.2 Å². The maximum atomic E-state index is 10.6. The number of hydrogen-bond acceptors (Lipinski definition) is 2. The number of halogens is 1. The number of rotatable bonds is 2. The standard InChI is InChI=1S/C7H13NO2.ClH/c1-2-8-5-3-4-6(8)7(9)10;/h6H,2-5H2,1H3,(H,9,10);1H/t6-;/m0./s1/i1D;. The zero-order valence-corrected chi connectivity index (χ0v) is 7.14. The molecule has 66 valence electrons. The fourth-order valence-corrected chi connectivity index (χ4v) is 1.37. The first kappa shape index (κ1) is 8.81. The van der Waals surface area contributed by atoms with Gasteiger partial charge in [0.2, 0.25) is 0 Å². The fraction of sp³-hybridized carbons (Fsp3) is 0.857. The molecule has 1 atom stereocenters. The van der Waals surface area contributed by atoms with Gasteiger partial charge < -0.3 is 5.11 Å². The number of carbonyl (C=O) groups is 1. The third-order valence-electron chi connectivity index (χ3n) is 1.94. The van der Waals surface area contributed by atoms with Crippen LogP contribution in [0.1, 0.15) is 21.1 Å². The molecule has 1 fully saturated rings. The number of carboxylic acid groups (broad SMARTS) is 1. The zero-order chi connectivity index (χ0) is 8.27. The van der Waals surface area contributed by atoms with E-state index in [0.29, 0.717) is 13.4 Å². The molecule has 0 spiro atoms. The summed E-state index contributed by atoms with van der Waals surface area (Å²) < 4.78 is 6.96. The van der Waals surface area contributed by atoms with Gasteiger partial charge in [0, 0.05) is 1.37 Å².